The van der Waals surface area contributed by atoms with Gasteiger partial charge in [-0.1, -0.05) is 18.2 Å². The van der Waals surface area contributed by atoms with Gasteiger partial charge in [-0.25, -0.2) is 0 Å². The van der Waals surface area contributed by atoms with E-state index in [-0.39, 0.29) is 5.56 Å². The maximum Gasteiger partial charge on any atom is 0.287 e. The van der Waals surface area contributed by atoms with Crippen molar-refractivity contribution in [2.45, 2.75) is 6.54 Å². The van der Waals surface area contributed by atoms with Crippen molar-refractivity contribution in [2.24, 2.45) is 0 Å². The normalized spacial score (nSPS) is 9.91. The first kappa shape index (κ1) is 15.9. The van der Waals surface area contributed by atoms with Crippen LogP contribution in [0, 0.1) is 21.4 Å². The van der Waals surface area contributed by atoms with E-state index in [1.165, 1.54) is 11.9 Å². The third-order valence-electron chi connectivity index (χ3n) is 3.23. The molecule has 116 valence electrons. The summed E-state index contributed by atoms with van der Waals surface area (Å²) in [5.41, 5.74) is -0.921. The number of nitrogens with zero attached hydrogens (tertiary/aromatic N) is 4. The molecule has 0 aliphatic rings. The lowest BCUT2D eigenvalue weighted by Gasteiger charge is -2.17. The number of pyridine rings is 1. The molecule has 0 aliphatic heterocycles. The Bertz CT molecular complexity index is 852. The quantitative estimate of drug-likeness (QED) is 0.624. The Morgan fingerprint density at radius 3 is 2.61 bits per heavy atom. The van der Waals surface area contributed by atoms with Gasteiger partial charge in [0.1, 0.15) is 18.2 Å². The van der Waals surface area contributed by atoms with Crippen molar-refractivity contribution in [1.82, 2.24) is 4.57 Å². The molecule has 8 nitrogen and oxygen atoms in total. The van der Waals surface area contributed by atoms with Gasteiger partial charge in [0.15, 0.2) is 0 Å². The number of likely N-dealkylation sites (N-methyl/N-ethyl adjacent to an activating group) is 1. The lowest BCUT2D eigenvalue weighted by molar-refractivity contribution is -0.385. The van der Waals surface area contributed by atoms with Crippen LogP contribution in [0.25, 0.3) is 0 Å². The average molecular weight is 312 g/mol. The van der Waals surface area contributed by atoms with E-state index in [2.05, 4.69) is 0 Å². The Balaban J connectivity index is 2.34. The Kier molecular flexibility index (Phi) is 4.52. The van der Waals surface area contributed by atoms with Crippen molar-refractivity contribution in [3.8, 4) is 6.07 Å². The molecule has 2 aromatic rings. The number of hydrogen-bond donors (Lipinski definition) is 0. The third kappa shape index (κ3) is 3.41. The fourth-order valence-electron chi connectivity index (χ4n) is 1.96. The SMILES string of the molecule is CN(C(=O)Cn1cc([N+](=O)[O-])cc(C#N)c1=O)c1ccccc1. The van der Waals surface area contributed by atoms with Crippen molar-refractivity contribution in [2.75, 3.05) is 11.9 Å². The molecule has 1 aromatic heterocycles. The zero-order valence-corrected chi connectivity index (χ0v) is 12.2. The van der Waals surface area contributed by atoms with Crippen LogP contribution in [0.15, 0.2) is 47.4 Å². The number of carbonyl (C=O) groups is 1. The molecule has 0 radical (unpaired) electrons. The highest BCUT2D eigenvalue weighted by Gasteiger charge is 2.17. The van der Waals surface area contributed by atoms with Crippen LogP contribution in [0.4, 0.5) is 11.4 Å². The fourth-order valence-corrected chi connectivity index (χ4v) is 1.96. The molecule has 8 heteroatoms. The van der Waals surface area contributed by atoms with Gasteiger partial charge >= 0.3 is 0 Å². The first-order chi connectivity index (χ1) is 10.9. The minimum Gasteiger partial charge on any atom is -0.314 e. The van der Waals surface area contributed by atoms with Gasteiger partial charge in [-0.05, 0) is 12.1 Å². The topological polar surface area (TPSA) is 109 Å². The van der Waals surface area contributed by atoms with Gasteiger partial charge in [0.05, 0.1) is 11.1 Å². The van der Waals surface area contributed by atoms with Gasteiger partial charge in [0.2, 0.25) is 5.91 Å². The maximum atomic E-state index is 12.3. The molecule has 1 heterocycles. The van der Waals surface area contributed by atoms with Gasteiger partial charge in [0, 0.05) is 18.8 Å². The number of para-hydroxylation sites is 1. The Hall–Kier alpha value is -3.47. The summed E-state index contributed by atoms with van der Waals surface area (Å²) in [6, 6.07) is 11.2. The van der Waals surface area contributed by atoms with Gasteiger partial charge in [-0.15, -0.1) is 0 Å². The van der Waals surface area contributed by atoms with Crippen molar-refractivity contribution in [1.29, 1.82) is 5.26 Å². The minimum absolute atomic E-state index is 0.380. The van der Waals surface area contributed by atoms with E-state index in [1.807, 2.05) is 0 Å². The first-order valence-electron chi connectivity index (χ1n) is 6.54. The van der Waals surface area contributed by atoms with Crippen LogP contribution in [-0.2, 0) is 11.3 Å². The molecule has 1 amide bonds. The summed E-state index contributed by atoms with van der Waals surface area (Å²) in [7, 11) is 1.53. The predicted octanol–water partition coefficient (Wildman–Crippen LogP) is 1.29. The number of nitriles is 1. The van der Waals surface area contributed by atoms with E-state index >= 15 is 0 Å². The van der Waals surface area contributed by atoms with Crippen LogP contribution in [0.5, 0.6) is 0 Å². The summed E-state index contributed by atoms with van der Waals surface area (Å²) in [5.74, 6) is -0.442. The first-order valence-corrected chi connectivity index (χ1v) is 6.54. The highest BCUT2D eigenvalue weighted by atomic mass is 16.6. The molecule has 0 fully saturated rings. The Morgan fingerprint density at radius 2 is 2.04 bits per heavy atom. The van der Waals surface area contributed by atoms with Crippen LogP contribution >= 0.6 is 0 Å². The van der Waals surface area contributed by atoms with E-state index in [0.29, 0.717) is 5.69 Å². The van der Waals surface area contributed by atoms with E-state index in [9.17, 15) is 19.7 Å². The second-order valence-corrected chi connectivity index (χ2v) is 4.70. The fraction of sp³-hybridized carbons (Fsp3) is 0.133. The van der Waals surface area contributed by atoms with Crippen LogP contribution < -0.4 is 10.5 Å². The number of carbonyl (C=O) groups excluding carboxylic acids is 1. The number of hydrogen-bond acceptors (Lipinski definition) is 5. The van der Waals surface area contributed by atoms with Gasteiger partial charge in [-0.2, -0.15) is 5.26 Å². The molecule has 2 rings (SSSR count). The van der Waals surface area contributed by atoms with Crippen LogP contribution in [0.2, 0.25) is 0 Å². The van der Waals surface area contributed by atoms with E-state index in [1.54, 1.807) is 36.4 Å². The number of amides is 1. The molecule has 0 saturated heterocycles. The van der Waals surface area contributed by atoms with E-state index < -0.39 is 28.6 Å². The van der Waals surface area contributed by atoms with E-state index in [0.717, 1.165) is 16.8 Å². The molecular weight excluding hydrogens is 300 g/mol. The number of benzene rings is 1. The summed E-state index contributed by atoms with van der Waals surface area (Å²) < 4.78 is 0.873. The number of rotatable bonds is 4. The number of aromatic nitrogens is 1. The van der Waals surface area contributed by atoms with Gasteiger partial charge < -0.3 is 4.90 Å². The Labute approximate surface area is 131 Å². The molecule has 0 unspecified atom stereocenters. The average Bonchev–Trinajstić information content (AvgIpc) is 2.56. The second-order valence-electron chi connectivity index (χ2n) is 4.70. The second kappa shape index (κ2) is 6.53. The molecule has 0 spiro atoms. The number of nitro groups is 1. The highest BCUT2D eigenvalue weighted by Crippen LogP contribution is 2.13. The third-order valence-corrected chi connectivity index (χ3v) is 3.23. The van der Waals surface area contributed by atoms with Crippen molar-refractivity contribution in [3.63, 3.8) is 0 Å². The molecule has 0 atom stereocenters. The van der Waals surface area contributed by atoms with Crippen molar-refractivity contribution < 1.29 is 9.72 Å². The molecule has 1 aromatic carbocycles. The van der Waals surface area contributed by atoms with Crippen LogP contribution in [0.3, 0.4) is 0 Å². The molecule has 23 heavy (non-hydrogen) atoms. The largest absolute Gasteiger partial charge is 0.314 e. The summed E-state index contributed by atoms with van der Waals surface area (Å²) in [6.45, 7) is -0.402. The summed E-state index contributed by atoms with van der Waals surface area (Å²) in [6.07, 6.45) is 0.958. The summed E-state index contributed by atoms with van der Waals surface area (Å²) >= 11 is 0. The Morgan fingerprint density at radius 1 is 1.39 bits per heavy atom. The van der Waals surface area contributed by atoms with Crippen LogP contribution in [-0.4, -0.2) is 22.4 Å². The molecular formula is C15H12N4O4. The zero-order valence-electron chi connectivity index (χ0n) is 12.2. The lowest BCUT2D eigenvalue weighted by atomic mass is 10.2. The molecule has 0 aliphatic carbocycles. The summed E-state index contributed by atoms with van der Waals surface area (Å²) in [5, 5.41) is 19.7. The maximum absolute atomic E-state index is 12.3. The van der Waals surface area contributed by atoms with E-state index in [4.69, 9.17) is 5.26 Å². The minimum atomic E-state index is -0.743. The smallest absolute Gasteiger partial charge is 0.287 e. The monoisotopic (exact) mass is 312 g/mol. The van der Waals surface area contributed by atoms with Crippen molar-refractivity contribution >= 4 is 17.3 Å². The summed E-state index contributed by atoms with van der Waals surface area (Å²) in [4.78, 5) is 35.7. The standard InChI is InChI=1S/C15H12N4O4/c1-17(12-5-3-2-4-6-12)14(20)10-18-9-13(19(22)23)7-11(8-16)15(18)21/h2-7,9H,10H2,1H3. The predicted molar refractivity (Wildman–Crippen MR) is 81.9 cm³/mol. The molecule has 0 bridgehead atoms. The van der Waals surface area contributed by atoms with Gasteiger partial charge in [-0.3, -0.25) is 24.3 Å². The van der Waals surface area contributed by atoms with Gasteiger partial charge in [0.25, 0.3) is 11.2 Å². The highest BCUT2D eigenvalue weighted by molar-refractivity contribution is 5.92. The lowest BCUT2D eigenvalue weighted by Crippen LogP contribution is -2.34. The van der Waals surface area contributed by atoms with Crippen LogP contribution in [0.1, 0.15) is 5.56 Å². The number of anilines is 1. The zero-order chi connectivity index (χ0) is 17.0. The van der Waals surface area contributed by atoms with Crippen molar-refractivity contribution in [3.05, 3.63) is 68.6 Å². The molecule has 0 saturated carbocycles. The molecule has 0 N–H and O–H groups in total.